The molecule has 0 aliphatic carbocycles. The van der Waals surface area contributed by atoms with E-state index in [1.807, 2.05) is 30.3 Å². The number of carbonyl (C=O) groups excluding carboxylic acids is 2. The molecule has 2 rings (SSSR count). The van der Waals surface area contributed by atoms with Crippen molar-refractivity contribution in [3.05, 3.63) is 35.2 Å². The van der Waals surface area contributed by atoms with Gasteiger partial charge >= 0.3 is 5.97 Å². The minimum atomic E-state index is -0.339. The average Bonchev–Trinajstić information content (AvgIpc) is 2.90. The lowest BCUT2D eigenvalue weighted by molar-refractivity contribution is -0.139. The highest BCUT2D eigenvalue weighted by Gasteiger charge is 2.17. The highest BCUT2D eigenvalue weighted by atomic mass is 32.1. The van der Waals surface area contributed by atoms with Crippen molar-refractivity contribution in [1.29, 1.82) is 0 Å². The second kappa shape index (κ2) is 7.67. The largest absolute Gasteiger partial charge is 0.469 e. The highest BCUT2D eigenvalue weighted by Crippen LogP contribution is 2.31. The minimum Gasteiger partial charge on any atom is -0.469 e. The number of hydrogen-bond donors (Lipinski definition) is 2. The molecular formula is C15H17N3O3S. The van der Waals surface area contributed by atoms with Gasteiger partial charge in [-0.2, -0.15) is 0 Å². The van der Waals surface area contributed by atoms with Crippen molar-refractivity contribution in [1.82, 2.24) is 10.3 Å². The second-order valence-electron chi connectivity index (χ2n) is 4.49. The number of rotatable bonds is 6. The molecule has 0 saturated carbocycles. The molecule has 1 aromatic heterocycles. The molecule has 116 valence electrons. The molecule has 0 atom stereocenters. The Morgan fingerprint density at radius 3 is 2.64 bits per heavy atom. The van der Waals surface area contributed by atoms with Gasteiger partial charge in [0, 0.05) is 10.4 Å². The zero-order valence-electron chi connectivity index (χ0n) is 12.4. The van der Waals surface area contributed by atoms with E-state index in [0.29, 0.717) is 10.8 Å². The van der Waals surface area contributed by atoms with Gasteiger partial charge < -0.3 is 15.4 Å². The van der Waals surface area contributed by atoms with E-state index in [1.165, 1.54) is 18.4 Å². The third-order valence-electron chi connectivity index (χ3n) is 2.86. The summed E-state index contributed by atoms with van der Waals surface area (Å²) in [4.78, 5) is 28.4. The first-order valence-corrected chi connectivity index (χ1v) is 7.52. The van der Waals surface area contributed by atoms with Crippen molar-refractivity contribution in [2.75, 3.05) is 26.0 Å². The van der Waals surface area contributed by atoms with E-state index < -0.39 is 0 Å². The third kappa shape index (κ3) is 4.12. The molecule has 0 fully saturated rings. The Kier molecular flexibility index (Phi) is 5.62. The lowest BCUT2D eigenvalue weighted by Gasteiger charge is -2.01. The average molecular weight is 319 g/mol. The molecule has 1 aromatic carbocycles. The molecule has 0 radical (unpaired) electrons. The molecule has 0 aliphatic rings. The van der Waals surface area contributed by atoms with Crippen LogP contribution in [0.4, 0.5) is 5.13 Å². The summed E-state index contributed by atoms with van der Waals surface area (Å²) < 4.78 is 4.72. The van der Waals surface area contributed by atoms with Gasteiger partial charge in [-0.15, -0.1) is 11.3 Å². The standard InChI is InChI=1S/C15H17N3O3S/c1-16-9-12(19)17-15-18-14(10-6-4-3-5-7-10)11(22-15)8-13(20)21-2/h3-7,16H,8-9H2,1-2H3,(H,17,18,19). The lowest BCUT2D eigenvalue weighted by atomic mass is 10.1. The number of ether oxygens (including phenoxy) is 1. The summed E-state index contributed by atoms with van der Waals surface area (Å²) >= 11 is 1.28. The maximum absolute atomic E-state index is 11.6. The van der Waals surface area contributed by atoms with Crippen LogP contribution in [0.3, 0.4) is 0 Å². The molecule has 6 nitrogen and oxygen atoms in total. The van der Waals surface area contributed by atoms with Gasteiger partial charge in [-0.05, 0) is 7.05 Å². The van der Waals surface area contributed by atoms with E-state index in [4.69, 9.17) is 4.74 Å². The molecule has 0 aliphatic heterocycles. The highest BCUT2D eigenvalue weighted by molar-refractivity contribution is 7.16. The first-order valence-electron chi connectivity index (χ1n) is 6.70. The van der Waals surface area contributed by atoms with Crippen molar-refractivity contribution >= 4 is 28.3 Å². The number of anilines is 1. The zero-order valence-corrected chi connectivity index (χ0v) is 13.2. The van der Waals surface area contributed by atoms with Crippen molar-refractivity contribution in [2.45, 2.75) is 6.42 Å². The Balaban J connectivity index is 2.31. The molecule has 22 heavy (non-hydrogen) atoms. The number of thiazole rings is 1. The number of amides is 1. The Bertz CT molecular complexity index is 655. The molecule has 0 bridgehead atoms. The van der Waals surface area contributed by atoms with Crippen molar-refractivity contribution < 1.29 is 14.3 Å². The lowest BCUT2D eigenvalue weighted by Crippen LogP contribution is -2.24. The number of carbonyl (C=O) groups is 2. The second-order valence-corrected chi connectivity index (χ2v) is 5.57. The van der Waals surface area contributed by atoms with Crippen LogP contribution in [-0.4, -0.2) is 37.6 Å². The third-order valence-corrected chi connectivity index (χ3v) is 3.83. The van der Waals surface area contributed by atoms with Crippen LogP contribution in [0.15, 0.2) is 30.3 Å². The van der Waals surface area contributed by atoms with Crippen LogP contribution < -0.4 is 10.6 Å². The fourth-order valence-corrected chi connectivity index (χ4v) is 2.86. The molecule has 1 amide bonds. The predicted octanol–water partition coefficient (Wildman–Crippen LogP) is 1.68. The summed E-state index contributed by atoms with van der Waals surface area (Å²) in [6.07, 6.45) is 0.125. The maximum Gasteiger partial charge on any atom is 0.310 e. The number of benzene rings is 1. The van der Waals surface area contributed by atoms with Crippen molar-refractivity contribution in [3.8, 4) is 11.3 Å². The fourth-order valence-electron chi connectivity index (χ4n) is 1.87. The Morgan fingerprint density at radius 2 is 2.00 bits per heavy atom. The van der Waals surface area contributed by atoms with E-state index in [0.717, 1.165) is 10.4 Å². The van der Waals surface area contributed by atoms with Gasteiger partial charge in [-0.25, -0.2) is 4.98 Å². The SMILES string of the molecule is CNCC(=O)Nc1nc(-c2ccccc2)c(CC(=O)OC)s1. The first kappa shape index (κ1) is 16.1. The van der Waals surface area contributed by atoms with Crippen LogP contribution in [-0.2, 0) is 20.7 Å². The molecule has 7 heteroatoms. The number of nitrogens with one attached hydrogen (secondary N) is 2. The fraction of sp³-hybridized carbons (Fsp3) is 0.267. The number of aromatic nitrogens is 1. The number of hydrogen-bond acceptors (Lipinski definition) is 6. The van der Waals surface area contributed by atoms with Crippen LogP contribution in [0.1, 0.15) is 4.88 Å². The molecular weight excluding hydrogens is 302 g/mol. The van der Waals surface area contributed by atoms with Crippen LogP contribution in [0.25, 0.3) is 11.3 Å². The van der Waals surface area contributed by atoms with Gasteiger partial charge in [0.15, 0.2) is 5.13 Å². The van der Waals surface area contributed by atoms with Gasteiger partial charge in [-0.3, -0.25) is 9.59 Å². The van der Waals surface area contributed by atoms with E-state index in [1.54, 1.807) is 7.05 Å². The molecule has 0 saturated heterocycles. The smallest absolute Gasteiger partial charge is 0.310 e. The van der Waals surface area contributed by atoms with E-state index in [-0.39, 0.29) is 24.8 Å². The summed E-state index contributed by atoms with van der Waals surface area (Å²) in [6, 6.07) is 9.53. The summed E-state index contributed by atoms with van der Waals surface area (Å²) in [5, 5.41) is 5.96. The molecule has 1 heterocycles. The first-order chi connectivity index (χ1) is 10.6. The topological polar surface area (TPSA) is 80.3 Å². The predicted molar refractivity (Wildman–Crippen MR) is 85.8 cm³/mol. The Morgan fingerprint density at radius 1 is 1.27 bits per heavy atom. The van der Waals surface area contributed by atoms with Crippen LogP contribution in [0.2, 0.25) is 0 Å². The van der Waals surface area contributed by atoms with Crippen molar-refractivity contribution in [2.24, 2.45) is 0 Å². The van der Waals surface area contributed by atoms with Gasteiger partial charge in [0.2, 0.25) is 5.91 Å². The summed E-state index contributed by atoms with van der Waals surface area (Å²) in [7, 11) is 3.04. The minimum absolute atomic E-state index is 0.125. The maximum atomic E-state index is 11.6. The summed E-state index contributed by atoms with van der Waals surface area (Å²) in [5.74, 6) is -0.519. The van der Waals surface area contributed by atoms with Gasteiger partial charge in [-0.1, -0.05) is 30.3 Å². The van der Waals surface area contributed by atoms with Crippen molar-refractivity contribution in [3.63, 3.8) is 0 Å². The zero-order chi connectivity index (χ0) is 15.9. The van der Waals surface area contributed by atoms with Crippen LogP contribution in [0, 0.1) is 0 Å². The van der Waals surface area contributed by atoms with Gasteiger partial charge in [0.1, 0.15) is 0 Å². The molecule has 2 N–H and O–H groups in total. The van der Waals surface area contributed by atoms with Gasteiger partial charge in [0.05, 0.1) is 25.8 Å². The summed E-state index contributed by atoms with van der Waals surface area (Å²) in [6.45, 7) is 0.201. The monoisotopic (exact) mass is 319 g/mol. The molecule has 2 aromatic rings. The number of nitrogens with zero attached hydrogens (tertiary/aromatic N) is 1. The number of methoxy groups -OCH3 is 1. The van der Waals surface area contributed by atoms with Crippen LogP contribution >= 0.6 is 11.3 Å². The van der Waals surface area contributed by atoms with E-state index >= 15 is 0 Å². The molecule has 0 unspecified atom stereocenters. The summed E-state index contributed by atoms with van der Waals surface area (Å²) in [5.41, 5.74) is 1.59. The normalized spacial score (nSPS) is 10.3. The molecule has 0 spiro atoms. The number of likely N-dealkylation sites (N-methyl/N-ethyl adjacent to an activating group) is 1. The Hall–Kier alpha value is -2.25. The quantitative estimate of drug-likeness (QED) is 0.792. The van der Waals surface area contributed by atoms with Crippen LogP contribution in [0.5, 0.6) is 0 Å². The van der Waals surface area contributed by atoms with E-state index in [9.17, 15) is 9.59 Å². The number of esters is 1. The Labute approximate surface area is 132 Å². The van der Waals surface area contributed by atoms with Gasteiger partial charge in [0.25, 0.3) is 0 Å². The van der Waals surface area contributed by atoms with E-state index in [2.05, 4.69) is 15.6 Å².